The van der Waals surface area contributed by atoms with E-state index in [-0.39, 0.29) is 0 Å². The summed E-state index contributed by atoms with van der Waals surface area (Å²) < 4.78 is 6.33. The first-order valence-electron chi connectivity index (χ1n) is 6.07. The maximum atomic E-state index is 5.24. The van der Waals surface area contributed by atoms with Crippen LogP contribution in [0, 0.1) is 6.92 Å². The van der Waals surface area contributed by atoms with Gasteiger partial charge in [-0.15, -0.1) is 0 Å². The summed E-state index contributed by atoms with van der Waals surface area (Å²) in [7, 11) is 0. The van der Waals surface area contributed by atoms with Crippen molar-refractivity contribution in [1.29, 1.82) is 0 Å². The Balaban J connectivity index is 1.68. The fourth-order valence-electron chi connectivity index (χ4n) is 1.77. The fourth-order valence-corrected chi connectivity index (χ4v) is 2.65. The van der Waals surface area contributed by atoms with Crippen LogP contribution in [0.1, 0.15) is 11.5 Å². The maximum Gasteiger partial charge on any atom is 0.246 e. The Bertz CT molecular complexity index is 709. The minimum absolute atomic E-state index is 0.512. The highest BCUT2D eigenvalue weighted by Gasteiger charge is 2.08. The number of aryl methyl sites for hydroxylation is 1. The number of anilines is 1. The number of hydrogen-bond acceptors (Lipinski definition) is 5. The van der Waals surface area contributed by atoms with Crippen LogP contribution in [-0.4, -0.2) is 10.1 Å². The molecule has 0 unspecified atom stereocenters. The predicted octanol–water partition coefficient (Wildman–Crippen LogP) is 4.48. The second kappa shape index (κ2) is 5.76. The molecule has 6 heteroatoms. The number of benzene rings is 1. The van der Waals surface area contributed by atoms with Crippen LogP contribution in [0.15, 0.2) is 44.0 Å². The highest BCUT2D eigenvalue weighted by molar-refractivity contribution is 9.10. The van der Waals surface area contributed by atoms with Crippen LogP contribution in [0.25, 0.3) is 11.4 Å². The number of nitrogens with one attached hydrogen (secondary N) is 1. The maximum absolute atomic E-state index is 5.24. The van der Waals surface area contributed by atoms with Crippen LogP contribution >= 0.6 is 27.3 Å². The molecule has 2 aromatic heterocycles. The van der Waals surface area contributed by atoms with Crippen molar-refractivity contribution in [3.63, 3.8) is 0 Å². The molecule has 0 atom stereocenters. The highest BCUT2D eigenvalue weighted by atomic mass is 79.9. The molecule has 2 heterocycles. The number of hydrogen-bond donors (Lipinski definition) is 1. The van der Waals surface area contributed by atoms with Crippen molar-refractivity contribution in [3.05, 3.63) is 51.0 Å². The summed E-state index contributed by atoms with van der Waals surface area (Å²) in [6, 6.07) is 8.07. The molecule has 0 saturated carbocycles. The van der Waals surface area contributed by atoms with Crippen LogP contribution < -0.4 is 5.32 Å². The molecule has 20 heavy (non-hydrogen) atoms. The van der Waals surface area contributed by atoms with Gasteiger partial charge in [-0.1, -0.05) is 21.1 Å². The first-order valence-corrected chi connectivity index (χ1v) is 7.81. The van der Waals surface area contributed by atoms with E-state index < -0.39 is 0 Å². The molecule has 0 saturated heterocycles. The van der Waals surface area contributed by atoms with Crippen LogP contribution in [0.2, 0.25) is 0 Å². The third-order valence-electron chi connectivity index (χ3n) is 2.85. The lowest BCUT2D eigenvalue weighted by Crippen LogP contribution is -1.99. The largest absolute Gasteiger partial charge is 0.376 e. The molecular weight excluding hydrogens is 338 g/mol. The van der Waals surface area contributed by atoms with E-state index in [1.165, 1.54) is 5.56 Å². The Morgan fingerprint density at radius 1 is 1.35 bits per heavy atom. The summed E-state index contributed by atoms with van der Waals surface area (Å²) in [4.78, 5) is 4.36. The van der Waals surface area contributed by atoms with Gasteiger partial charge in [-0.3, -0.25) is 0 Å². The molecule has 0 aliphatic heterocycles. The van der Waals surface area contributed by atoms with E-state index in [0.29, 0.717) is 18.3 Å². The van der Waals surface area contributed by atoms with Crippen molar-refractivity contribution >= 4 is 33.0 Å². The average Bonchev–Trinajstić information content (AvgIpc) is 3.09. The Morgan fingerprint density at radius 2 is 2.25 bits per heavy atom. The van der Waals surface area contributed by atoms with E-state index in [1.54, 1.807) is 11.3 Å². The summed E-state index contributed by atoms with van der Waals surface area (Å²) in [5.74, 6) is 1.21. The molecule has 102 valence electrons. The van der Waals surface area contributed by atoms with Crippen molar-refractivity contribution in [2.45, 2.75) is 13.5 Å². The van der Waals surface area contributed by atoms with Crippen molar-refractivity contribution in [3.8, 4) is 11.4 Å². The van der Waals surface area contributed by atoms with Crippen molar-refractivity contribution in [2.75, 3.05) is 5.32 Å². The Kier molecular flexibility index (Phi) is 3.84. The molecule has 0 fully saturated rings. The predicted molar refractivity (Wildman–Crippen MR) is 83.8 cm³/mol. The quantitative estimate of drug-likeness (QED) is 0.754. The third-order valence-corrected chi connectivity index (χ3v) is 4.42. The van der Waals surface area contributed by atoms with Gasteiger partial charge < -0.3 is 9.84 Å². The van der Waals surface area contributed by atoms with Gasteiger partial charge in [-0.05, 0) is 42.1 Å². The van der Waals surface area contributed by atoms with Crippen LogP contribution in [0.3, 0.4) is 0 Å². The molecule has 1 N–H and O–H groups in total. The average molecular weight is 350 g/mol. The summed E-state index contributed by atoms with van der Waals surface area (Å²) in [6.45, 7) is 2.56. The second-order valence-electron chi connectivity index (χ2n) is 4.34. The van der Waals surface area contributed by atoms with Crippen LogP contribution in [-0.2, 0) is 6.54 Å². The highest BCUT2D eigenvalue weighted by Crippen LogP contribution is 2.21. The molecular formula is C14H12BrN3OS. The second-order valence-corrected chi connectivity index (χ2v) is 5.98. The van der Waals surface area contributed by atoms with Crippen LogP contribution in [0.4, 0.5) is 5.69 Å². The minimum Gasteiger partial charge on any atom is -0.376 e. The molecule has 0 aliphatic carbocycles. The number of aromatic nitrogens is 2. The molecule has 3 rings (SSSR count). The summed E-state index contributed by atoms with van der Waals surface area (Å²) in [5, 5.41) is 11.2. The Labute approximate surface area is 129 Å². The first-order chi connectivity index (χ1) is 9.72. The molecule has 0 radical (unpaired) electrons. The van der Waals surface area contributed by atoms with Gasteiger partial charge in [0.2, 0.25) is 11.7 Å². The van der Waals surface area contributed by atoms with Gasteiger partial charge in [0.05, 0.1) is 6.54 Å². The molecule has 0 bridgehead atoms. The third kappa shape index (κ3) is 2.91. The van der Waals surface area contributed by atoms with Gasteiger partial charge in [0.15, 0.2) is 0 Å². The lowest BCUT2D eigenvalue weighted by atomic mass is 10.2. The lowest BCUT2D eigenvalue weighted by molar-refractivity contribution is 0.384. The van der Waals surface area contributed by atoms with E-state index in [4.69, 9.17) is 4.52 Å². The van der Waals surface area contributed by atoms with Gasteiger partial charge in [-0.2, -0.15) is 16.3 Å². The Hall–Kier alpha value is -1.66. The topological polar surface area (TPSA) is 51.0 Å². The molecule has 4 nitrogen and oxygen atoms in total. The zero-order valence-electron chi connectivity index (χ0n) is 10.8. The number of nitrogens with zero attached hydrogens (tertiary/aromatic N) is 2. The van der Waals surface area contributed by atoms with Crippen molar-refractivity contribution in [2.24, 2.45) is 0 Å². The summed E-state index contributed by atoms with van der Waals surface area (Å²) in [5.41, 5.74) is 3.20. The van der Waals surface area contributed by atoms with Gasteiger partial charge in [0.1, 0.15) is 0 Å². The molecule has 0 aliphatic rings. The van der Waals surface area contributed by atoms with Crippen molar-refractivity contribution in [1.82, 2.24) is 10.1 Å². The van der Waals surface area contributed by atoms with E-state index in [2.05, 4.69) is 44.4 Å². The van der Waals surface area contributed by atoms with Gasteiger partial charge in [0.25, 0.3) is 0 Å². The smallest absolute Gasteiger partial charge is 0.246 e. The van der Waals surface area contributed by atoms with Gasteiger partial charge >= 0.3 is 0 Å². The van der Waals surface area contributed by atoms with E-state index in [0.717, 1.165) is 15.7 Å². The SMILES string of the molecule is Cc1cc(NCc2nc(-c3ccsc3)no2)ccc1Br. The normalized spacial score (nSPS) is 10.7. The number of thiophene rings is 1. The van der Waals surface area contributed by atoms with Crippen LogP contribution in [0.5, 0.6) is 0 Å². The van der Waals surface area contributed by atoms with Gasteiger partial charge in [-0.25, -0.2) is 0 Å². The van der Waals surface area contributed by atoms with E-state index in [9.17, 15) is 0 Å². The first kappa shape index (κ1) is 13.3. The van der Waals surface area contributed by atoms with Crippen molar-refractivity contribution < 1.29 is 4.52 Å². The monoisotopic (exact) mass is 349 g/mol. The fraction of sp³-hybridized carbons (Fsp3) is 0.143. The summed E-state index contributed by atoms with van der Waals surface area (Å²) in [6.07, 6.45) is 0. The molecule has 0 amide bonds. The van der Waals surface area contributed by atoms with E-state index >= 15 is 0 Å². The zero-order valence-corrected chi connectivity index (χ0v) is 13.2. The zero-order chi connectivity index (χ0) is 13.9. The lowest BCUT2D eigenvalue weighted by Gasteiger charge is -2.05. The number of halogens is 1. The minimum atomic E-state index is 0.512. The number of rotatable bonds is 4. The standard InChI is InChI=1S/C14H12BrN3OS/c1-9-6-11(2-3-12(9)15)16-7-13-17-14(18-19-13)10-4-5-20-8-10/h2-6,8,16H,7H2,1H3. The molecule has 0 spiro atoms. The molecule has 1 aromatic carbocycles. The molecule has 3 aromatic rings. The summed E-state index contributed by atoms with van der Waals surface area (Å²) >= 11 is 5.10. The van der Waals surface area contributed by atoms with E-state index in [1.807, 2.05) is 29.0 Å². The van der Waals surface area contributed by atoms with Gasteiger partial charge in [0, 0.05) is 21.1 Å². The Morgan fingerprint density at radius 3 is 3.00 bits per heavy atom.